The van der Waals surface area contributed by atoms with Gasteiger partial charge in [-0.05, 0) is 30.3 Å². The lowest BCUT2D eigenvalue weighted by molar-refractivity contribution is -0.385. The number of rotatable bonds is 5. The third-order valence-electron chi connectivity index (χ3n) is 3.15. The highest BCUT2D eigenvalue weighted by molar-refractivity contribution is 5.93. The summed E-state index contributed by atoms with van der Waals surface area (Å²) in [5, 5.41) is 11.1. The number of methoxy groups -OCH3 is 1. The molecule has 2 aromatic rings. The Bertz CT molecular complexity index is 836. The topological polar surface area (TPSA) is 105 Å². The van der Waals surface area contributed by atoms with Gasteiger partial charge in [0.2, 0.25) is 11.7 Å². The van der Waals surface area contributed by atoms with E-state index in [2.05, 4.69) is 0 Å². The summed E-state index contributed by atoms with van der Waals surface area (Å²) in [6.45, 7) is 0. The van der Waals surface area contributed by atoms with Crippen LogP contribution in [0.2, 0.25) is 0 Å². The summed E-state index contributed by atoms with van der Waals surface area (Å²) in [7, 11) is 1.26. The number of benzene rings is 2. The van der Waals surface area contributed by atoms with Crippen LogP contribution in [0.3, 0.4) is 0 Å². The van der Waals surface area contributed by atoms with Gasteiger partial charge in [-0.2, -0.15) is 13.2 Å². The third-order valence-corrected chi connectivity index (χ3v) is 3.15. The van der Waals surface area contributed by atoms with Gasteiger partial charge in [0.1, 0.15) is 0 Å². The van der Waals surface area contributed by atoms with Crippen molar-refractivity contribution in [1.29, 1.82) is 0 Å². The fourth-order valence-electron chi connectivity index (χ4n) is 1.95. The fourth-order valence-corrected chi connectivity index (χ4v) is 1.95. The average molecular weight is 356 g/mol. The number of amides is 1. The molecular formula is C15H11F3N2O5. The van der Waals surface area contributed by atoms with Gasteiger partial charge < -0.3 is 15.2 Å². The number of ether oxygens (including phenoxy) is 2. The summed E-state index contributed by atoms with van der Waals surface area (Å²) in [5.74, 6) is -1.14. The van der Waals surface area contributed by atoms with Crippen molar-refractivity contribution in [1.82, 2.24) is 0 Å². The van der Waals surface area contributed by atoms with Crippen LogP contribution < -0.4 is 15.2 Å². The minimum atomic E-state index is -4.73. The summed E-state index contributed by atoms with van der Waals surface area (Å²) < 4.78 is 48.4. The second kappa shape index (κ2) is 6.67. The Morgan fingerprint density at radius 3 is 2.28 bits per heavy atom. The van der Waals surface area contributed by atoms with E-state index in [1.165, 1.54) is 25.3 Å². The summed E-state index contributed by atoms with van der Waals surface area (Å²) in [5.41, 5.74) is 3.19. The molecule has 2 N–H and O–H groups in total. The molecule has 0 radical (unpaired) electrons. The fraction of sp³-hybridized carbons (Fsp3) is 0.133. The highest BCUT2D eigenvalue weighted by Crippen LogP contribution is 2.40. The second-order valence-corrected chi connectivity index (χ2v) is 4.77. The SMILES string of the molecule is COc1cc(C(N)=O)ccc1Oc1ccc(C(F)(F)F)cc1[N+](=O)[O-]. The predicted octanol–water partition coefficient (Wildman–Crippen LogP) is 3.51. The zero-order valence-electron chi connectivity index (χ0n) is 12.7. The number of nitro groups is 1. The van der Waals surface area contributed by atoms with Gasteiger partial charge in [0.15, 0.2) is 11.5 Å². The van der Waals surface area contributed by atoms with Crippen molar-refractivity contribution < 1.29 is 32.4 Å². The van der Waals surface area contributed by atoms with Crippen molar-refractivity contribution in [3.8, 4) is 17.2 Å². The highest BCUT2D eigenvalue weighted by Gasteiger charge is 2.33. The number of nitrogens with two attached hydrogens (primary N) is 1. The Morgan fingerprint density at radius 2 is 1.76 bits per heavy atom. The number of alkyl halides is 3. The van der Waals surface area contributed by atoms with E-state index in [1.807, 2.05) is 0 Å². The smallest absolute Gasteiger partial charge is 0.416 e. The molecule has 2 aromatic carbocycles. The van der Waals surface area contributed by atoms with E-state index in [-0.39, 0.29) is 17.1 Å². The number of primary amides is 1. The standard InChI is InChI=1S/C15H11F3N2O5/c1-24-13-6-8(14(19)21)2-4-12(13)25-11-5-3-9(15(16,17)18)7-10(11)20(22)23/h2-7H,1H3,(H2,19,21). The van der Waals surface area contributed by atoms with Gasteiger partial charge in [-0.25, -0.2) is 0 Å². The molecule has 0 bridgehead atoms. The van der Waals surface area contributed by atoms with E-state index in [1.54, 1.807) is 0 Å². The summed E-state index contributed by atoms with van der Waals surface area (Å²) >= 11 is 0. The van der Waals surface area contributed by atoms with Crippen molar-refractivity contribution >= 4 is 11.6 Å². The molecule has 25 heavy (non-hydrogen) atoms. The Balaban J connectivity index is 2.46. The van der Waals surface area contributed by atoms with E-state index in [4.69, 9.17) is 15.2 Å². The molecule has 0 fully saturated rings. The molecule has 1 amide bonds. The minimum Gasteiger partial charge on any atom is -0.493 e. The molecule has 0 aromatic heterocycles. The number of carbonyl (C=O) groups is 1. The van der Waals surface area contributed by atoms with Gasteiger partial charge in [-0.3, -0.25) is 14.9 Å². The Labute approximate surface area is 138 Å². The molecular weight excluding hydrogens is 345 g/mol. The van der Waals surface area contributed by atoms with Crippen molar-refractivity contribution in [3.05, 3.63) is 57.6 Å². The molecule has 0 atom stereocenters. The molecule has 0 spiro atoms. The summed E-state index contributed by atoms with van der Waals surface area (Å²) in [4.78, 5) is 21.2. The van der Waals surface area contributed by atoms with E-state index in [9.17, 15) is 28.1 Å². The van der Waals surface area contributed by atoms with Crippen molar-refractivity contribution in [3.63, 3.8) is 0 Å². The lowest BCUT2D eigenvalue weighted by Crippen LogP contribution is -2.11. The number of carbonyl (C=O) groups excluding carboxylic acids is 1. The van der Waals surface area contributed by atoms with Crippen LogP contribution in [-0.4, -0.2) is 17.9 Å². The molecule has 7 nitrogen and oxygen atoms in total. The molecule has 0 saturated heterocycles. The van der Waals surface area contributed by atoms with Crippen LogP contribution in [0, 0.1) is 10.1 Å². The monoisotopic (exact) mass is 356 g/mol. The zero-order chi connectivity index (χ0) is 18.8. The molecule has 0 heterocycles. The first-order chi connectivity index (χ1) is 11.6. The maximum absolute atomic E-state index is 12.7. The summed E-state index contributed by atoms with van der Waals surface area (Å²) in [6, 6.07) is 5.67. The van der Waals surface area contributed by atoms with E-state index < -0.39 is 34.0 Å². The number of hydrogen-bond acceptors (Lipinski definition) is 5. The largest absolute Gasteiger partial charge is 0.493 e. The maximum atomic E-state index is 12.7. The van der Waals surface area contributed by atoms with Gasteiger partial charge in [0.05, 0.1) is 17.6 Å². The molecule has 0 saturated carbocycles. The van der Waals surface area contributed by atoms with E-state index in [0.29, 0.717) is 12.1 Å². The normalized spacial score (nSPS) is 11.0. The van der Waals surface area contributed by atoms with Crippen LogP contribution in [0.15, 0.2) is 36.4 Å². The Kier molecular flexibility index (Phi) is 4.82. The van der Waals surface area contributed by atoms with Crippen molar-refractivity contribution in [2.24, 2.45) is 5.73 Å². The van der Waals surface area contributed by atoms with E-state index >= 15 is 0 Å². The molecule has 132 valence electrons. The van der Waals surface area contributed by atoms with E-state index in [0.717, 1.165) is 6.07 Å². The van der Waals surface area contributed by atoms with Crippen LogP contribution >= 0.6 is 0 Å². The first kappa shape index (κ1) is 18.0. The molecule has 0 aliphatic carbocycles. The van der Waals surface area contributed by atoms with Gasteiger partial charge in [-0.15, -0.1) is 0 Å². The van der Waals surface area contributed by atoms with Crippen LogP contribution in [0.4, 0.5) is 18.9 Å². The minimum absolute atomic E-state index is 0.0321. The lowest BCUT2D eigenvalue weighted by atomic mass is 10.1. The lowest BCUT2D eigenvalue weighted by Gasteiger charge is -2.12. The van der Waals surface area contributed by atoms with Gasteiger partial charge in [-0.1, -0.05) is 0 Å². The van der Waals surface area contributed by atoms with Crippen LogP contribution in [-0.2, 0) is 6.18 Å². The number of hydrogen-bond donors (Lipinski definition) is 1. The third kappa shape index (κ3) is 3.97. The van der Waals surface area contributed by atoms with Crippen LogP contribution in [0.5, 0.6) is 17.2 Å². The second-order valence-electron chi connectivity index (χ2n) is 4.77. The van der Waals surface area contributed by atoms with Gasteiger partial charge in [0, 0.05) is 11.6 Å². The first-order valence-electron chi connectivity index (χ1n) is 6.65. The first-order valence-corrected chi connectivity index (χ1v) is 6.65. The maximum Gasteiger partial charge on any atom is 0.416 e. The average Bonchev–Trinajstić information content (AvgIpc) is 2.54. The Morgan fingerprint density at radius 1 is 1.12 bits per heavy atom. The van der Waals surface area contributed by atoms with Crippen molar-refractivity contribution in [2.45, 2.75) is 6.18 Å². The molecule has 2 rings (SSSR count). The quantitative estimate of drug-likeness (QED) is 0.652. The van der Waals surface area contributed by atoms with Crippen LogP contribution in [0.1, 0.15) is 15.9 Å². The zero-order valence-corrected chi connectivity index (χ0v) is 12.7. The van der Waals surface area contributed by atoms with Gasteiger partial charge >= 0.3 is 11.9 Å². The number of nitrogens with zero attached hydrogens (tertiary/aromatic N) is 1. The summed E-state index contributed by atoms with van der Waals surface area (Å²) in [6.07, 6.45) is -4.73. The number of nitro benzene ring substituents is 1. The number of halogens is 3. The van der Waals surface area contributed by atoms with Crippen molar-refractivity contribution in [2.75, 3.05) is 7.11 Å². The molecule has 10 heteroatoms. The molecule has 0 aliphatic rings. The Hall–Kier alpha value is -3.30. The molecule has 0 unspecified atom stereocenters. The van der Waals surface area contributed by atoms with Gasteiger partial charge in [0.25, 0.3) is 0 Å². The molecule has 0 aliphatic heterocycles. The predicted molar refractivity (Wildman–Crippen MR) is 79.7 cm³/mol. The van der Waals surface area contributed by atoms with Crippen LogP contribution in [0.25, 0.3) is 0 Å². The highest BCUT2D eigenvalue weighted by atomic mass is 19.4.